The molecule has 1 aliphatic heterocycles. The maximum absolute atomic E-state index is 12.8. The zero-order valence-electron chi connectivity index (χ0n) is 42.3. The number of hydrogen-bond acceptors (Lipinski definition) is 9. The molecule has 4 aliphatic carbocycles. The number of nitrogens with zero attached hydrogens (tertiary/aromatic N) is 2. The normalized spacial score (nSPS) is 29.1. The van der Waals surface area contributed by atoms with Gasteiger partial charge in [0, 0.05) is 45.3 Å². The molecule has 0 aromatic heterocycles. The van der Waals surface area contributed by atoms with Crippen LogP contribution in [0, 0.1) is 46.3 Å². The predicted octanol–water partition coefficient (Wildman–Crippen LogP) is 9.23. The van der Waals surface area contributed by atoms with Gasteiger partial charge in [0.05, 0.1) is 31.6 Å². The lowest BCUT2D eigenvalue weighted by molar-refractivity contribution is -0.133. The molecule has 0 radical (unpaired) electrons. The number of hydrazone groups is 1. The molecule has 68 heavy (non-hydrogen) atoms. The molecule has 3 unspecified atom stereocenters. The molecule has 13 nitrogen and oxygen atoms in total. The summed E-state index contributed by atoms with van der Waals surface area (Å²) < 4.78 is 11.8. The second kappa shape index (κ2) is 25.8. The predicted molar refractivity (Wildman–Crippen MR) is 267 cm³/mol. The second-order valence-corrected chi connectivity index (χ2v) is 22.2. The van der Waals surface area contributed by atoms with Crippen LogP contribution in [0.1, 0.15) is 175 Å². The van der Waals surface area contributed by atoms with Gasteiger partial charge in [-0.05, 0) is 160 Å². The van der Waals surface area contributed by atoms with E-state index < -0.39 is 6.10 Å². The fourth-order valence-corrected chi connectivity index (χ4v) is 13.3. The summed E-state index contributed by atoms with van der Waals surface area (Å²) >= 11 is 0. The van der Waals surface area contributed by atoms with Crippen LogP contribution in [0.15, 0.2) is 41.0 Å². The number of ether oxygens (including phenoxy) is 2. The number of nitrogens with one attached hydrogen (secondary N) is 3. The maximum Gasteiger partial charge on any atom is 0.407 e. The summed E-state index contributed by atoms with van der Waals surface area (Å²) in [6, 6.07) is 7.03. The SMILES string of the molecule is CC(C)CCC[C@@H](C)[C@H]1CCC2C3CC=C4C[C@@H](OC(=O)NCCCCC(=O)N/N=C/c5ccc(OCCCC(=O)NCCCCCC(=O)N6C[C@H](O)C[C@H]6CO)cc5)CC[C@]4(C)C3CC[C@@]21C. The van der Waals surface area contributed by atoms with Gasteiger partial charge in [-0.1, -0.05) is 72.0 Å². The number of hydrogen-bond donors (Lipinski definition) is 5. The van der Waals surface area contributed by atoms with Crippen LogP contribution in [-0.2, 0) is 19.1 Å². The Morgan fingerprint density at radius 3 is 2.38 bits per heavy atom. The lowest BCUT2D eigenvalue weighted by Crippen LogP contribution is -2.51. The lowest BCUT2D eigenvalue weighted by atomic mass is 9.47. The van der Waals surface area contributed by atoms with E-state index in [1.54, 1.807) is 11.1 Å². The Kier molecular flexibility index (Phi) is 20.2. The minimum atomic E-state index is -0.566. The number of amides is 4. The Labute approximate surface area is 407 Å². The highest BCUT2D eigenvalue weighted by atomic mass is 16.6. The van der Waals surface area contributed by atoms with E-state index in [1.807, 2.05) is 24.3 Å². The van der Waals surface area contributed by atoms with Crippen molar-refractivity contribution in [2.75, 3.05) is 32.8 Å². The van der Waals surface area contributed by atoms with Gasteiger partial charge in [-0.25, -0.2) is 10.2 Å². The van der Waals surface area contributed by atoms with Crippen LogP contribution in [-0.4, -0.2) is 96.2 Å². The quantitative estimate of drug-likeness (QED) is 0.0279. The molecule has 1 saturated heterocycles. The molecule has 1 aromatic carbocycles. The molecule has 6 rings (SSSR count). The number of β-amino-alcohol motifs (C(OH)–C–C–N with tert-alkyl or cyclic N) is 1. The van der Waals surface area contributed by atoms with E-state index in [0.717, 1.165) is 73.2 Å². The van der Waals surface area contributed by atoms with Crippen molar-refractivity contribution in [3.63, 3.8) is 0 Å². The molecular weight excluding hydrogens is 859 g/mol. The van der Waals surface area contributed by atoms with Crippen LogP contribution in [0.3, 0.4) is 0 Å². The summed E-state index contributed by atoms with van der Waals surface area (Å²) in [5, 5.41) is 29.1. The van der Waals surface area contributed by atoms with Crippen molar-refractivity contribution in [2.45, 2.75) is 188 Å². The summed E-state index contributed by atoms with van der Waals surface area (Å²) in [5.74, 6) is 5.27. The minimum Gasteiger partial charge on any atom is -0.494 e. The molecule has 4 fully saturated rings. The van der Waals surface area contributed by atoms with Crippen molar-refractivity contribution < 1.29 is 38.9 Å². The molecular formula is C55H87N5O8. The highest BCUT2D eigenvalue weighted by Gasteiger charge is 2.59. The molecule has 380 valence electrons. The first kappa shape index (κ1) is 53.4. The average molecular weight is 946 g/mol. The highest BCUT2D eigenvalue weighted by molar-refractivity contribution is 5.82. The third kappa shape index (κ3) is 14.5. The molecule has 10 atom stereocenters. The van der Waals surface area contributed by atoms with E-state index in [-0.39, 0.29) is 54.5 Å². The monoisotopic (exact) mass is 946 g/mol. The van der Waals surface area contributed by atoms with Gasteiger partial charge in [0.1, 0.15) is 11.9 Å². The van der Waals surface area contributed by atoms with Gasteiger partial charge in [-0.2, -0.15) is 5.10 Å². The van der Waals surface area contributed by atoms with E-state index in [9.17, 15) is 29.4 Å². The third-order valence-electron chi connectivity index (χ3n) is 17.0. The Balaban J connectivity index is 0.774. The van der Waals surface area contributed by atoms with Crippen molar-refractivity contribution in [1.29, 1.82) is 0 Å². The van der Waals surface area contributed by atoms with E-state index >= 15 is 0 Å². The van der Waals surface area contributed by atoms with Crippen LogP contribution >= 0.6 is 0 Å². The van der Waals surface area contributed by atoms with Crippen LogP contribution in [0.2, 0.25) is 0 Å². The summed E-state index contributed by atoms with van der Waals surface area (Å²) in [7, 11) is 0. The summed E-state index contributed by atoms with van der Waals surface area (Å²) in [6.07, 6.45) is 22.4. The number of benzene rings is 1. The number of aliphatic hydroxyl groups is 2. The molecule has 0 bridgehead atoms. The number of rotatable bonds is 25. The molecule has 13 heteroatoms. The van der Waals surface area contributed by atoms with Crippen LogP contribution in [0.4, 0.5) is 4.79 Å². The maximum atomic E-state index is 12.8. The van der Waals surface area contributed by atoms with Gasteiger partial charge in [0.2, 0.25) is 17.7 Å². The molecule has 1 heterocycles. The van der Waals surface area contributed by atoms with E-state index in [1.165, 1.54) is 56.9 Å². The number of alkyl carbamates (subject to hydrolysis) is 1. The van der Waals surface area contributed by atoms with Crippen molar-refractivity contribution >= 4 is 30.0 Å². The molecule has 1 aromatic rings. The minimum absolute atomic E-state index is 0.0380. The second-order valence-electron chi connectivity index (χ2n) is 22.2. The van der Waals surface area contributed by atoms with Gasteiger partial charge in [-0.15, -0.1) is 0 Å². The number of unbranched alkanes of at least 4 members (excludes halogenated alkanes) is 3. The van der Waals surface area contributed by atoms with Crippen molar-refractivity contribution in [2.24, 2.45) is 51.4 Å². The number of aliphatic hydroxyl groups excluding tert-OH is 2. The number of allylic oxidation sites excluding steroid dienone is 1. The van der Waals surface area contributed by atoms with Crippen LogP contribution in [0.25, 0.3) is 0 Å². The Morgan fingerprint density at radius 1 is 0.853 bits per heavy atom. The summed E-state index contributed by atoms with van der Waals surface area (Å²) in [4.78, 5) is 51.5. The molecule has 3 saturated carbocycles. The zero-order chi connectivity index (χ0) is 48.7. The number of likely N-dealkylation sites (tertiary alicyclic amines) is 1. The van der Waals surface area contributed by atoms with Gasteiger partial charge in [-0.3, -0.25) is 14.4 Å². The van der Waals surface area contributed by atoms with Gasteiger partial charge < -0.3 is 35.2 Å². The van der Waals surface area contributed by atoms with Crippen molar-refractivity contribution in [3.8, 4) is 5.75 Å². The lowest BCUT2D eigenvalue weighted by Gasteiger charge is -2.58. The van der Waals surface area contributed by atoms with Gasteiger partial charge in [0.25, 0.3) is 0 Å². The van der Waals surface area contributed by atoms with E-state index in [0.29, 0.717) is 82.2 Å². The highest BCUT2D eigenvalue weighted by Crippen LogP contribution is 2.67. The van der Waals surface area contributed by atoms with Crippen molar-refractivity contribution in [1.82, 2.24) is 21.0 Å². The number of fused-ring (bicyclic) bond motifs is 5. The van der Waals surface area contributed by atoms with Gasteiger partial charge >= 0.3 is 6.09 Å². The Hall–Kier alpha value is -3.97. The largest absolute Gasteiger partial charge is 0.494 e. The fourth-order valence-electron chi connectivity index (χ4n) is 13.3. The first-order valence-corrected chi connectivity index (χ1v) is 26.7. The van der Waals surface area contributed by atoms with Crippen LogP contribution in [0.5, 0.6) is 5.75 Å². The van der Waals surface area contributed by atoms with Crippen LogP contribution < -0.4 is 20.8 Å². The number of carbonyl (C=O) groups is 4. The van der Waals surface area contributed by atoms with E-state index in [2.05, 4.69) is 61.9 Å². The number of carbonyl (C=O) groups excluding carboxylic acids is 4. The standard InChI is InChI=1S/C55H87N5O8/c1-38(2)13-11-14-39(3)47-24-25-48-46-23-20-41-33-45(26-28-54(41,4)49(46)27-29-55(47,48)5)68-53(66)57-31-10-8-15-51(64)59-58-35-40-18-21-44(22-19-40)67-32-12-16-50(63)56-30-9-6-7-17-52(65)60-36-43(62)34-42(60)37-61/h18-22,35,38-39,42-43,45-49,61-62H,6-17,23-34,36-37H2,1-5H3,(H,56,63)(H,57,66)(H,59,64)/b58-35+/t39-,42+,43-,45+,46?,47-,48?,49?,54+,55-/m1/s1. The summed E-state index contributed by atoms with van der Waals surface area (Å²) in [6.45, 7) is 14.0. The first-order chi connectivity index (χ1) is 32.7. The Morgan fingerprint density at radius 2 is 1.60 bits per heavy atom. The van der Waals surface area contributed by atoms with Gasteiger partial charge in [0.15, 0.2) is 0 Å². The smallest absolute Gasteiger partial charge is 0.407 e. The molecule has 4 amide bonds. The van der Waals surface area contributed by atoms with Crippen molar-refractivity contribution in [3.05, 3.63) is 41.5 Å². The summed E-state index contributed by atoms with van der Waals surface area (Å²) in [5.41, 5.74) is 5.62. The molecule has 5 aliphatic rings. The Bertz CT molecular complexity index is 1850. The third-order valence-corrected chi connectivity index (χ3v) is 17.0. The molecule has 0 spiro atoms. The topological polar surface area (TPSA) is 179 Å². The molecule has 5 N–H and O–H groups in total. The zero-order valence-corrected chi connectivity index (χ0v) is 42.3. The van der Waals surface area contributed by atoms with E-state index in [4.69, 9.17) is 9.47 Å². The fraction of sp³-hybridized carbons (Fsp3) is 0.764. The first-order valence-electron chi connectivity index (χ1n) is 26.7. The average Bonchev–Trinajstić information content (AvgIpc) is 3.88.